The van der Waals surface area contributed by atoms with Gasteiger partial charge in [-0.1, -0.05) is 6.92 Å². The Hall–Kier alpha value is -1.16. The quantitative estimate of drug-likeness (QED) is 0.545. The SMILES string of the molecule is CC(CNS(=O)(=O)c1c(NN)nc2sccn12)C1CC1. The van der Waals surface area contributed by atoms with E-state index >= 15 is 0 Å². The number of hydrogen-bond acceptors (Lipinski definition) is 6. The summed E-state index contributed by atoms with van der Waals surface area (Å²) in [6.07, 6.45) is 4.06. The van der Waals surface area contributed by atoms with Crippen molar-refractivity contribution < 1.29 is 8.42 Å². The van der Waals surface area contributed by atoms with Gasteiger partial charge in [-0.05, 0) is 24.7 Å². The highest BCUT2D eigenvalue weighted by Crippen LogP contribution is 2.36. The van der Waals surface area contributed by atoms with Crippen LogP contribution in [0.25, 0.3) is 4.96 Å². The smallest absolute Gasteiger partial charge is 0.260 e. The Bertz CT molecular complexity index is 716. The maximum Gasteiger partial charge on any atom is 0.260 e. The van der Waals surface area contributed by atoms with Gasteiger partial charge < -0.3 is 5.43 Å². The Kier molecular flexibility index (Phi) is 3.44. The third kappa shape index (κ3) is 2.41. The van der Waals surface area contributed by atoms with E-state index in [4.69, 9.17) is 5.84 Å². The van der Waals surface area contributed by atoms with Crippen molar-refractivity contribution in [3.63, 3.8) is 0 Å². The van der Waals surface area contributed by atoms with E-state index in [1.54, 1.807) is 11.6 Å². The number of sulfonamides is 1. The number of aromatic nitrogens is 2. The molecule has 9 heteroatoms. The second-order valence-electron chi connectivity index (χ2n) is 5.13. The summed E-state index contributed by atoms with van der Waals surface area (Å²) in [6.45, 7) is 2.51. The van der Waals surface area contributed by atoms with Crippen molar-refractivity contribution in [2.75, 3.05) is 12.0 Å². The zero-order valence-electron chi connectivity index (χ0n) is 11.0. The van der Waals surface area contributed by atoms with Crippen LogP contribution < -0.4 is 16.0 Å². The maximum absolute atomic E-state index is 12.5. The van der Waals surface area contributed by atoms with Gasteiger partial charge in [-0.15, -0.1) is 11.3 Å². The van der Waals surface area contributed by atoms with Crippen LogP contribution in [0, 0.1) is 11.8 Å². The molecular weight excluding hydrogens is 298 g/mol. The molecule has 3 rings (SSSR count). The predicted molar refractivity (Wildman–Crippen MR) is 78.0 cm³/mol. The number of imidazole rings is 1. The number of nitrogens with zero attached hydrogens (tertiary/aromatic N) is 2. The van der Waals surface area contributed by atoms with Crippen LogP contribution in [-0.4, -0.2) is 24.3 Å². The summed E-state index contributed by atoms with van der Waals surface area (Å²) in [5.74, 6) is 6.54. The molecule has 2 aromatic heterocycles. The molecule has 2 aromatic rings. The van der Waals surface area contributed by atoms with Gasteiger partial charge in [0.2, 0.25) is 5.03 Å². The molecule has 0 amide bonds. The predicted octanol–water partition coefficient (Wildman–Crippen LogP) is 1.01. The van der Waals surface area contributed by atoms with Crippen LogP contribution in [0.5, 0.6) is 0 Å². The number of fused-ring (bicyclic) bond motifs is 1. The highest BCUT2D eigenvalue weighted by molar-refractivity contribution is 7.89. The molecule has 20 heavy (non-hydrogen) atoms. The topological polar surface area (TPSA) is 102 Å². The van der Waals surface area contributed by atoms with Crippen molar-refractivity contribution in [2.45, 2.75) is 24.8 Å². The lowest BCUT2D eigenvalue weighted by Gasteiger charge is -2.12. The number of thiazole rings is 1. The van der Waals surface area contributed by atoms with E-state index in [1.807, 2.05) is 0 Å². The number of nitrogens with one attached hydrogen (secondary N) is 2. The van der Waals surface area contributed by atoms with E-state index in [0.29, 0.717) is 23.3 Å². The van der Waals surface area contributed by atoms with Gasteiger partial charge in [0.25, 0.3) is 10.0 Å². The fraction of sp³-hybridized carbons (Fsp3) is 0.545. The third-order valence-electron chi connectivity index (χ3n) is 3.63. The van der Waals surface area contributed by atoms with Crippen molar-refractivity contribution >= 4 is 32.1 Å². The first-order chi connectivity index (χ1) is 9.53. The fourth-order valence-corrected chi connectivity index (χ4v) is 4.41. The van der Waals surface area contributed by atoms with E-state index in [2.05, 4.69) is 22.1 Å². The van der Waals surface area contributed by atoms with E-state index in [0.717, 1.165) is 0 Å². The maximum atomic E-state index is 12.5. The molecule has 0 aliphatic heterocycles. The van der Waals surface area contributed by atoms with E-state index < -0.39 is 10.0 Å². The van der Waals surface area contributed by atoms with Crippen LogP contribution in [-0.2, 0) is 10.0 Å². The van der Waals surface area contributed by atoms with Gasteiger partial charge in [0.05, 0.1) is 0 Å². The lowest BCUT2D eigenvalue weighted by molar-refractivity contribution is 0.491. The standard InChI is InChI=1S/C11H17N5O2S2/c1-7(8-2-3-8)6-13-20(17,18)10-9(15-12)14-11-16(10)4-5-19-11/h4-5,7-8,13,15H,2-3,6,12H2,1H3. The summed E-state index contributed by atoms with van der Waals surface area (Å²) in [7, 11) is -3.64. The Morgan fingerprint density at radius 3 is 3.00 bits per heavy atom. The van der Waals surface area contributed by atoms with Crippen molar-refractivity contribution in [3.8, 4) is 0 Å². The van der Waals surface area contributed by atoms with Crippen LogP contribution in [0.4, 0.5) is 5.82 Å². The molecule has 4 N–H and O–H groups in total. The van der Waals surface area contributed by atoms with Gasteiger partial charge in [0.1, 0.15) is 0 Å². The van der Waals surface area contributed by atoms with Gasteiger partial charge in [0.15, 0.2) is 10.8 Å². The van der Waals surface area contributed by atoms with Crippen LogP contribution in [0.15, 0.2) is 16.6 Å². The van der Waals surface area contributed by atoms with Crippen LogP contribution in [0.2, 0.25) is 0 Å². The Labute approximate surface area is 121 Å². The highest BCUT2D eigenvalue weighted by atomic mass is 32.2. The Balaban J connectivity index is 1.89. The monoisotopic (exact) mass is 315 g/mol. The minimum Gasteiger partial charge on any atom is -0.306 e. The molecule has 7 nitrogen and oxygen atoms in total. The second-order valence-corrected chi connectivity index (χ2v) is 7.69. The van der Waals surface area contributed by atoms with Crippen molar-refractivity contribution in [2.24, 2.45) is 17.7 Å². The molecule has 110 valence electrons. The molecule has 1 aliphatic rings. The van der Waals surface area contributed by atoms with Gasteiger partial charge in [-0.2, -0.15) is 4.98 Å². The Morgan fingerprint density at radius 1 is 1.60 bits per heavy atom. The van der Waals surface area contributed by atoms with E-state index in [9.17, 15) is 8.42 Å². The molecule has 1 fully saturated rings. The van der Waals surface area contributed by atoms with E-state index in [1.165, 1.54) is 28.6 Å². The number of nitrogen functional groups attached to an aromatic ring is 1. The minimum atomic E-state index is -3.64. The molecule has 0 aromatic carbocycles. The fourth-order valence-electron chi connectivity index (χ4n) is 2.26. The zero-order chi connectivity index (χ0) is 14.3. The molecule has 0 spiro atoms. The molecular formula is C11H17N5O2S2. The third-order valence-corrected chi connectivity index (χ3v) is 5.83. The van der Waals surface area contributed by atoms with Crippen LogP contribution in [0.3, 0.4) is 0 Å². The Morgan fingerprint density at radius 2 is 2.35 bits per heavy atom. The first kappa shape index (κ1) is 13.8. The second kappa shape index (κ2) is 4.99. The summed E-state index contributed by atoms with van der Waals surface area (Å²) < 4.78 is 29.1. The van der Waals surface area contributed by atoms with Gasteiger partial charge in [0, 0.05) is 18.1 Å². The largest absolute Gasteiger partial charge is 0.306 e. The molecule has 0 radical (unpaired) electrons. The summed E-state index contributed by atoms with van der Waals surface area (Å²) in [5.41, 5.74) is 2.36. The molecule has 1 saturated carbocycles. The van der Waals surface area contributed by atoms with Gasteiger partial charge in [-0.25, -0.2) is 19.0 Å². The normalized spacial score (nSPS) is 17.5. The van der Waals surface area contributed by atoms with Crippen molar-refractivity contribution in [3.05, 3.63) is 11.6 Å². The molecule has 1 atom stereocenters. The average molecular weight is 315 g/mol. The lowest BCUT2D eigenvalue weighted by Crippen LogP contribution is -2.30. The summed E-state index contributed by atoms with van der Waals surface area (Å²) >= 11 is 1.36. The van der Waals surface area contributed by atoms with Gasteiger partial charge in [-0.3, -0.25) is 4.40 Å². The van der Waals surface area contributed by atoms with Crippen LogP contribution in [0.1, 0.15) is 19.8 Å². The molecule has 1 unspecified atom stereocenters. The lowest BCUT2D eigenvalue weighted by atomic mass is 10.1. The average Bonchev–Trinajstić information content (AvgIpc) is 3.05. The van der Waals surface area contributed by atoms with Crippen molar-refractivity contribution in [1.29, 1.82) is 0 Å². The molecule has 2 heterocycles. The molecule has 0 bridgehead atoms. The van der Waals surface area contributed by atoms with Crippen molar-refractivity contribution in [1.82, 2.24) is 14.1 Å². The first-order valence-electron chi connectivity index (χ1n) is 6.45. The molecule has 1 aliphatic carbocycles. The summed E-state index contributed by atoms with van der Waals surface area (Å²) in [4.78, 5) is 4.75. The first-order valence-corrected chi connectivity index (χ1v) is 8.81. The number of rotatable bonds is 6. The molecule has 0 saturated heterocycles. The van der Waals surface area contributed by atoms with E-state index in [-0.39, 0.29) is 10.8 Å². The summed E-state index contributed by atoms with van der Waals surface area (Å²) in [5, 5.41) is 1.85. The summed E-state index contributed by atoms with van der Waals surface area (Å²) in [6, 6.07) is 0. The number of hydrazine groups is 1. The number of nitrogens with two attached hydrogens (primary N) is 1. The number of hydrogen-bond donors (Lipinski definition) is 3. The number of anilines is 1. The zero-order valence-corrected chi connectivity index (χ0v) is 12.7. The van der Waals surface area contributed by atoms with Crippen LogP contribution >= 0.6 is 11.3 Å². The minimum absolute atomic E-state index is 0.0687. The van der Waals surface area contributed by atoms with Gasteiger partial charge >= 0.3 is 0 Å². The highest BCUT2D eigenvalue weighted by Gasteiger charge is 2.30.